The number of hydrogen-bond donors (Lipinski definition) is 3. The monoisotopic (exact) mass is 533 g/mol. The van der Waals surface area contributed by atoms with E-state index in [-0.39, 0.29) is 22.8 Å². The lowest BCUT2D eigenvalue weighted by molar-refractivity contribution is -0.112. The third-order valence-electron chi connectivity index (χ3n) is 6.57. The highest BCUT2D eigenvalue weighted by Crippen LogP contribution is 2.27. The van der Waals surface area contributed by atoms with Gasteiger partial charge in [-0.05, 0) is 49.6 Å². The molecule has 40 heavy (non-hydrogen) atoms. The maximum Gasteiger partial charge on any atom is 0.265 e. The predicted molar refractivity (Wildman–Crippen MR) is 155 cm³/mol. The second kappa shape index (κ2) is 10.7. The predicted octanol–water partition coefficient (Wildman–Crippen LogP) is 4.18. The number of amides is 2. The molecule has 2 amide bonds. The largest absolute Gasteiger partial charge is 0.381 e. The number of nitrogens with zero attached hydrogens (tertiary/aromatic N) is 4. The maximum absolute atomic E-state index is 14.1. The van der Waals surface area contributed by atoms with E-state index in [1.807, 2.05) is 24.3 Å². The SMILES string of the molecule is C=C/C(=C\C)C(=O)Nc1cccc2cc([C@H](C)NC(=O)c3c(N)nn4cccnc34)n(-c3ccccc3)c(=O)c12. The first-order valence-electron chi connectivity index (χ1n) is 12.6. The number of rotatable bonds is 7. The zero-order valence-corrected chi connectivity index (χ0v) is 22.0. The minimum absolute atomic E-state index is 0.0442. The molecular formula is C30H27N7O3. The topological polar surface area (TPSA) is 136 Å². The number of para-hydroxylation sites is 1. The molecule has 0 aliphatic heterocycles. The Bertz CT molecular complexity index is 1870. The summed E-state index contributed by atoms with van der Waals surface area (Å²) in [7, 11) is 0. The van der Waals surface area contributed by atoms with E-state index in [4.69, 9.17) is 5.73 Å². The molecule has 5 aromatic rings. The summed E-state index contributed by atoms with van der Waals surface area (Å²) in [5.41, 5.74) is 8.05. The Morgan fingerprint density at radius 1 is 1.10 bits per heavy atom. The van der Waals surface area contributed by atoms with Crippen LogP contribution in [0.15, 0.2) is 102 Å². The zero-order valence-electron chi connectivity index (χ0n) is 22.0. The number of hydrogen-bond acceptors (Lipinski definition) is 6. The lowest BCUT2D eigenvalue weighted by atomic mass is 10.0. The summed E-state index contributed by atoms with van der Waals surface area (Å²) in [6.07, 6.45) is 6.31. The van der Waals surface area contributed by atoms with Gasteiger partial charge in [-0.3, -0.25) is 19.0 Å². The van der Waals surface area contributed by atoms with Gasteiger partial charge in [-0.15, -0.1) is 5.10 Å². The fourth-order valence-electron chi connectivity index (χ4n) is 4.65. The van der Waals surface area contributed by atoms with Gasteiger partial charge in [0, 0.05) is 29.3 Å². The average Bonchev–Trinajstić information content (AvgIpc) is 3.29. The van der Waals surface area contributed by atoms with E-state index in [0.717, 1.165) is 0 Å². The Labute approximate surface area is 229 Å². The van der Waals surface area contributed by atoms with Crippen LogP contribution in [-0.4, -0.2) is 31.0 Å². The molecule has 0 aliphatic carbocycles. The Balaban J connectivity index is 1.63. The molecule has 3 aromatic heterocycles. The van der Waals surface area contributed by atoms with Crippen LogP contribution in [0.4, 0.5) is 11.5 Å². The van der Waals surface area contributed by atoms with Crippen LogP contribution in [0.25, 0.3) is 22.1 Å². The molecule has 1 atom stereocenters. The van der Waals surface area contributed by atoms with E-state index in [9.17, 15) is 14.4 Å². The van der Waals surface area contributed by atoms with Crippen molar-refractivity contribution in [2.24, 2.45) is 0 Å². The van der Waals surface area contributed by atoms with Gasteiger partial charge in [-0.25, -0.2) is 9.50 Å². The molecule has 0 unspecified atom stereocenters. The molecule has 2 aromatic carbocycles. The second-order valence-electron chi connectivity index (χ2n) is 9.06. The van der Waals surface area contributed by atoms with E-state index < -0.39 is 11.9 Å². The summed E-state index contributed by atoms with van der Waals surface area (Å²) in [6.45, 7) is 7.19. The first-order chi connectivity index (χ1) is 19.3. The highest BCUT2D eigenvalue weighted by atomic mass is 16.2. The number of carbonyl (C=O) groups excluding carboxylic acids is 2. The van der Waals surface area contributed by atoms with Crippen LogP contribution < -0.4 is 21.9 Å². The number of carbonyl (C=O) groups is 2. The molecule has 0 spiro atoms. The van der Waals surface area contributed by atoms with Gasteiger partial charge in [0.2, 0.25) is 0 Å². The van der Waals surface area contributed by atoms with Gasteiger partial charge in [0.25, 0.3) is 17.4 Å². The van der Waals surface area contributed by atoms with Crippen molar-refractivity contribution >= 4 is 39.7 Å². The maximum atomic E-state index is 14.1. The lowest BCUT2D eigenvalue weighted by Gasteiger charge is -2.21. The Hall–Kier alpha value is -5.51. The number of nitrogens with one attached hydrogen (secondary N) is 2. The van der Waals surface area contributed by atoms with Gasteiger partial charge in [0.15, 0.2) is 11.5 Å². The van der Waals surface area contributed by atoms with Gasteiger partial charge in [-0.2, -0.15) is 0 Å². The van der Waals surface area contributed by atoms with Crippen molar-refractivity contribution in [1.29, 1.82) is 0 Å². The van der Waals surface area contributed by atoms with Crippen LogP contribution in [0.3, 0.4) is 0 Å². The molecule has 0 fully saturated rings. The quantitative estimate of drug-likeness (QED) is 0.212. The molecule has 5 rings (SSSR count). The number of nitrogen functional groups attached to an aromatic ring is 1. The number of fused-ring (bicyclic) bond motifs is 2. The third kappa shape index (κ3) is 4.62. The lowest BCUT2D eigenvalue weighted by Crippen LogP contribution is -2.32. The van der Waals surface area contributed by atoms with Crippen molar-refractivity contribution in [1.82, 2.24) is 24.5 Å². The van der Waals surface area contributed by atoms with E-state index in [2.05, 4.69) is 27.3 Å². The van der Waals surface area contributed by atoms with Crippen LogP contribution in [0.5, 0.6) is 0 Å². The van der Waals surface area contributed by atoms with Crippen molar-refractivity contribution in [2.75, 3.05) is 11.1 Å². The fourth-order valence-corrected chi connectivity index (χ4v) is 4.65. The van der Waals surface area contributed by atoms with E-state index in [1.165, 1.54) is 15.2 Å². The van der Waals surface area contributed by atoms with Gasteiger partial charge >= 0.3 is 0 Å². The molecule has 3 heterocycles. The van der Waals surface area contributed by atoms with Crippen molar-refractivity contribution in [3.63, 3.8) is 0 Å². The smallest absolute Gasteiger partial charge is 0.265 e. The van der Waals surface area contributed by atoms with Crippen molar-refractivity contribution in [2.45, 2.75) is 19.9 Å². The number of allylic oxidation sites excluding steroid dienone is 1. The summed E-state index contributed by atoms with van der Waals surface area (Å²) in [6, 6.07) is 17.2. The zero-order chi connectivity index (χ0) is 28.4. The molecule has 0 bridgehead atoms. The average molecular weight is 534 g/mol. The Kier molecular flexibility index (Phi) is 6.98. The fraction of sp³-hybridized carbons (Fsp3) is 0.100. The second-order valence-corrected chi connectivity index (χ2v) is 9.06. The molecule has 0 aliphatic rings. The summed E-state index contributed by atoms with van der Waals surface area (Å²) >= 11 is 0. The van der Waals surface area contributed by atoms with E-state index in [0.29, 0.717) is 39.1 Å². The van der Waals surface area contributed by atoms with Crippen molar-refractivity contribution in [3.8, 4) is 5.69 Å². The Morgan fingerprint density at radius 3 is 2.60 bits per heavy atom. The van der Waals surface area contributed by atoms with Crippen LogP contribution in [0.1, 0.15) is 35.9 Å². The molecule has 10 heteroatoms. The highest BCUT2D eigenvalue weighted by Gasteiger charge is 2.24. The van der Waals surface area contributed by atoms with Crippen LogP contribution >= 0.6 is 0 Å². The van der Waals surface area contributed by atoms with Gasteiger partial charge in [0.05, 0.1) is 17.1 Å². The normalized spacial score (nSPS) is 12.3. The van der Waals surface area contributed by atoms with Gasteiger partial charge < -0.3 is 16.4 Å². The summed E-state index contributed by atoms with van der Waals surface area (Å²) in [5.74, 6) is -0.807. The van der Waals surface area contributed by atoms with E-state index in [1.54, 1.807) is 68.7 Å². The highest BCUT2D eigenvalue weighted by molar-refractivity contribution is 6.10. The minimum Gasteiger partial charge on any atom is -0.381 e. The molecule has 0 radical (unpaired) electrons. The van der Waals surface area contributed by atoms with Gasteiger partial charge in [0.1, 0.15) is 5.56 Å². The number of nitrogens with two attached hydrogens (primary N) is 1. The first kappa shape index (κ1) is 26.1. The first-order valence-corrected chi connectivity index (χ1v) is 12.6. The minimum atomic E-state index is -0.628. The van der Waals surface area contributed by atoms with Gasteiger partial charge in [-0.1, -0.05) is 49.1 Å². The number of benzene rings is 2. The van der Waals surface area contributed by atoms with Crippen LogP contribution in [0, 0.1) is 0 Å². The molecule has 200 valence electrons. The summed E-state index contributed by atoms with van der Waals surface area (Å²) in [5, 5.41) is 10.9. The summed E-state index contributed by atoms with van der Waals surface area (Å²) < 4.78 is 2.97. The van der Waals surface area contributed by atoms with Crippen molar-refractivity contribution < 1.29 is 9.59 Å². The van der Waals surface area contributed by atoms with Crippen LogP contribution in [-0.2, 0) is 4.79 Å². The molecule has 4 N–H and O–H groups in total. The Morgan fingerprint density at radius 2 is 1.88 bits per heavy atom. The number of aromatic nitrogens is 4. The molecule has 0 saturated heterocycles. The third-order valence-corrected chi connectivity index (χ3v) is 6.57. The van der Waals surface area contributed by atoms with E-state index >= 15 is 0 Å². The standard InChI is InChI=1S/C30H27N7O3/c1-4-19(5-2)28(38)34-22-14-9-11-20-17-23(37(30(40)24(20)22)21-12-7-6-8-13-21)18(3)33-29(39)25-26(31)35-36-16-10-15-32-27(25)36/h4-18H,1H2,2-3H3,(H2,31,35)(H,33,39)(H,34,38)/b19-5+/t18-/m0/s1. The molecule has 0 saturated carbocycles. The summed E-state index contributed by atoms with van der Waals surface area (Å²) in [4.78, 5) is 44.5. The van der Waals surface area contributed by atoms with Crippen molar-refractivity contribution in [3.05, 3.63) is 119 Å². The molecular weight excluding hydrogens is 506 g/mol. The van der Waals surface area contributed by atoms with Crippen LogP contribution in [0.2, 0.25) is 0 Å². The number of anilines is 2. The number of pyridine rings is 1. The molecule has 10 nitrogen and oxygen atoms in total.